The Bertz CT molecular complexity index is 507. The molecule has 0 radical (unpaired) electrons. The second-order valence-corrected chi connectivity index (χ2v) is 8.14. The van der Waals surface area contributed by atoms with Crippen molar-refractivity contribution in [3.63, 3.8) is 0 Å². The van der Waals surface area contributed by atoms with Crippen molar-refractivity contribution in [1.29, 1.82) is 0 Å². The van der Waals surface area contributed by atoms with Gasteiger partial charge in [0.2, 0.25) is 0 Å². The molecule has 1 saturated heterocycles. The van der Waals surface area contributed by atoms with E-state index in [1.165, 1.54) is 4.90 Å². The summed E-state index contributed by atoms with van der Waals surface area (Å²) in [5, 5.41) is 21.2. The summed E-state index contributed by atoms with van der Waals surface area (Å²) in [5.74, 6) is 2.09. The van der Waals surface area contributed by atoms with Crippen LogP contribution in [0.3, 0.4) is 0 Å². The minimum Gasteiger partial charge on any atom is -0.391 e. The summed E-state index contributed by atoms with van der Waals surface area (Å²) in [6.45, 7) is 10.2. The Morgan fingerprint density at radius 3 is 2.73 bits per heavy atom. The number of thioether (sulfide) groups is 1. The molecule has 2 heterocycles. The highest BCUT2D eigenvalue weighted by atomic mass is 32.2. The molecule has 26 heavy (non-hydrogen) atoms. The number of hydrogen-bond donors (Lipinski definition) is 4. The third kappa shape index (κ3) is 6.47. The number of nitrogens with one attached hydrogen (secondary N) is 2. The molecule has 150 valence electrons. The van der Waals surface area contributed by atoms with Gasteiger partial charge >= 0.3 is 0 Å². The lowest BCUT2D eigenvalue weighted by Gasteiger charge is -2.25. The van der Waals surface area contributed by atoms with Gasteiger partial charge in [-0.05, 0) is 0 Å². The van der Waals surface area contributed by atoms with Gasteiger partial charge < -0.3 is 25.0 Å². The number of nitrogens with zero attached hydrogens (tertiary/aromatic N) is 3. The Labute approximate surface area is 161 Å². The topological polar surface area (TPSA) is 85.7 Å². The highest BCUT2D eigenvalue weighted by Crippen LogP contribution is 2.20. The molecule has 0 aromatic carbocycles. The van der Waals surface area contributed by atoms with E-state index < -0.39 is 0 Å². The number of aromatic nitrogens is 3. The average molecular weight is 390 g/mol. The number of rotatable bonds is 12. The summed E-state index contributed by atoms with van der Waals surface area (Å²) in [7, 11) is 4.38. The van der Waals surface area contributed by atoms with Gasteiger partial charge in [0.25, 0.3) is 0 Å². The molecule has 1 aromatic heterocycles. The molecule has 1 atom stereocenters. The zero-order valence-electron chi connectivity index (χ0n) is 16.5. The summed E-state index contributed by atoms with van der Waals surface area (Å²) in [4.78, 5) is 3.00. The van der Waals surface area contributed by atoms with Crippen LogP contribution in [-0.2, 0) is 11.3 Å². The third-order valence-electron chi connectivity index (χ3n) is 4.94. The van der Waals surface area contributed by atoms with Crippen molar-refractivity contribution in [2.45, 2.75) is 31.1 Å². The Hall–Kier alpha value is -0.710. The van der Waals surface area contributed by atoms with Crippen molar-refractivity contribution in [3.05, 3.63) is 5.82 Å². The number of ether oxygens (including phenoxy) is 1. The molecule has 1 fully saturated rings. The second-order valence-electron chi connectivity index (χ2n) is 7.08. The Morgan fingerprint density at radius 2 is 2.08 bits per heavy atom. The van der Waals surface area contributed by atoms with Gasteiger partial charge in [-0.3, -0.25) is 4.57 Å². The maximum absolute atomic E-state index is 8.89. The predicted octanol–water partition coefficient (Wildman–Crippen LogP) is -3.56. The fourth-order valence-electron chi connectivity index (χ4n) is 3.37. The van der Waals surface area contributed by atoms with Crippen LogP contribution in [0.15, 0.2) is 5.16 Å². The third-order valence-corrected chi connectivity index (χ3v) is 5.94. The summed E-state index contributed by atoms with van der Waals surface area (Å²) in [6.07, 6.45) is 1.06. The molecule has 1 aliphatic heterocycles. The second kappa shape index (κ2) is 11.9. The Kier molecular flexibility index (Phi) is 9.87. The van der Waals surface area contributed by atoms with Crippen molar-refractivity contribution < 1.29 is 25.0 Å². The van der Waals surface area contributed by atoms with Crippen LogP contribution in [0.1, 0.15) is 25.2 Å². The number of aliphatic hydroxyl groups is 1. The molecule has 1 aliphatic rings. The van der Waals surface area contributed by atoms with E-state index >= 15 is 0 Å². The molecule has 0 unspecified atom stereocenters. The highest BCUT2D eigenvalue weighted by Gasteiger charge is 2.26. The monoisotopic (exact) mass is 389 g/mol. The van der Waals surface area contributed by atoms with Gasteiger partial charge in [-0.2, -0.15) is 0 Å². The van der Waals surface area contributed by atoms with Crippen LogP contribution in [-0.4, -0.2) is 92.3 Å². The van der Waals surface area contributed by atoms with Crippen LogP contribution in [0.4, 0.5) is 0 Å². The summed E-state index contributed by atoms with van der Waals surface area (Å²) in [6, 6.07) is 0.373. The van der Waals surface area contributed by atoms with Gasteiger partial charge in [0, 0.05) is 6.42 Å². The van der Waals surface area contributed by atoms with Crippen LogP contribution in [0.2, 0.25) is 0 Å². The van der Waals surface area contributed by atoms with Crippen molar-refractivity contribution >= 4 is 11.8 Å². The molecular formula is C17H37N6O2S+3. The molecule has 9 heteroatoms. The summed E-state index contributed by atoms with van der Waals surface area (Å²) >= 11 is 1.78. The van der Waals surface area contributed by atoms with E-state index in [0.29, 0.717) is 6.04 Å². The lowest BCUT2D eigenvalue weighted by molar-refractivity contribution is -0.908. The molecule has 0 saturated carbocycles. The predicted molar refractivity (Wildman–Crippen MR) is 102 cm³/mol. The fraction of sp³-hybridized carbons (Fsp3) is 0.882. The van der Waals surface area contributed by atoms with E-state index in [9.17, 15) is 0 Å². The molecule has 0 bridgehead atoms. The maximum atomic E-state index is 8.89. The Balaban J connectivity index is 2.03. The largest absolute Gasteiger partial charge is 0.391 e. The van der Waals surface area contributed by atoms with Crippen LogP contribution < -0.4 is 15.1 Å². The van der Waals surface area contributed by atoms with Crippen molar-refractivity contribution in [1.82, 2.24) is 14.8 Å². The van der Waals surface area contributed by atoms with Gasteiger partial charge in [-0.15, -0.1) is 10.2 Å². The first-order valence-corrected chi connectivity index (χ1v) is 10.9. The maximum Gasteiger partial charge on any atom is 0.192 e. The smallest absolute Gasteiger partial charge is 0.192 e. The minimum atomic E-state index is 0.233. The fourth-order valence-corrected chi connectivity index (χ4v) is 4.28. The molecule has 1 aromatic rings. The van der Waals surface area contributed by atoms with E-state index in [-0.39, 0.29) is 6.61 Å². The van der Waals surface area contributed by atoms with E-state index in [2.05, 4.69) is 41.1 Å². The van der Waals surface area contributed by atoms with Gasteiger partial charge in [-0.25, -0.2) is 0 Å². The van der Waals surface area contributed by atoms with E-state index in [1.54, 1.807) is 16.7 Å². The zero-order valence-corrected chi connectivity index (χ0v) is 17.4. The summed E-state index contributed by atoms with van der Waals surface area (Å²) < 4.78 is 7.82. The molecule has 0 spiro atoms. The minimum absolute atomic E-state index is 0.233. The van der Waals surface area contributed by atoms with Gasteiger partial charge in [0.1, 0.15) is 19.1 Å². The zero-order chi connectivity index (χ0) is 18.8. The van der Waals surface area contributed by atoms with Crippen LogP contribution in [0.25, 0.3) is 0 Å². The molecule has 0 amide bonds. The molecule has 2 rings (SSSR count). The molecular weight excluding hydrogens is 352 g/mol. The van der Waals surface area contributed by atoms with Crippen molar-refractivity contribution in [3.8, 4) is 0 Å². The quantitative estimate of drug-likeness (QED) is 0.220. The lowest BCUT2D eigenvalue weighted by Crippen LogP contribution is -3.14. The Morgan fingerprint density at radius 1 is 1.31 bits per heavy atom. The summed E-state index contributed by atoms with van der Waals surface area (Å²) in [5.41, 5.74) is 0. The number of aliphatic hydroxyl groups excluding tert-OH is 1. The van der Waals surface area contributed by atoms with E-state index in [4.69, 9.17) is 9.84 Å². The number of quaternary nitrogens is 3. The first-order valence-electron chi connectivity index (χ1n) is 9.87. The molecule has 0 aliphatic carbocycles. The van der Waals surface area contributed by atoms with Crippen molar-refractivity contribution in [2.24, 2.45) is 0 Å². The first kappa shape index (κ1) is 21.6. The number of nitrogens with two attached hydrogens (primary N) is 1. The molecule has 5 N–H and O–H groups in total. The lowest BCUT2D eigenvalue weighted by atomic mass is 10.2. The van der Waals surface area contributed by atoms with E-state index in [1.807, 2.05) is 0 Å². The van der Waals surface area contributed by atoms with Crippen LogP contribution in [0.5, 0.6) is 0 Å². The van der Waals surface area contributed by atoms with Crippen molar-refractivity contribution in [2.75, 3.05) is 72.4 Å². The SMILES string of the molecule is CC[C@H](c1nnc(SCC[NH2+]CCO)n1CC[NH+]1CCOCC1)[NH+](C)C. The van der Waals surface area contributed by atoms with Gasteiger partial charge in [-0.1, -0.05) is 18.7 Å². The van der Waals surface area contributed by atoms with Crippen LogP contribution >= 0.6 is 11.8 Å². The standard InChI is InChI=1S/C17H34N6O2S/c1-4-15(21(2)3)16-19-20-17(26-14-6-18-5-11-24)23(16)8-7-22-9-12-25-13-10-22/h15,18,24H,4-14H2,1-3H3/p+3/t15-/m1/s1. The molecule has 8 nitrogen and oxygen atoms in total. The highest BCUT2D eigenvalue weighted by molar-refractivity contribution is 7.99. The normalized spacial score (nSPS) is 17.1. The number of morpholine rings is 1. The number of hydrogen-bond acceptors (Lipinski definition) is 5. The van der Waals surface area contributed by atoms with Crippen LogP contribution in [0, 0.1) is 0 Å². The first-order chi connectivity index (χ1) is 12.7. The average Bonchev–Trinajstić information content (AvgIpc) is 3.03. The van der Waals surface area contributed by atoms with Gasteiger partial charge in [0.05, 0.1) is 65.8 Å². The van der Waals surface area contributed by atoms with Gasteiger partial charge in [0.15, 0.2) is 11.0 Å². The van der Waals surface area contributed by atoms with E-state index in [0.717, 1.165) is 75.6 Å².